The van der Waals surface area contributed by atoms with Crippen molar-refractivity contribution in [2.24, 2.45) is 0 Å². The van der Waals surface area contributed by atoms with E-state index in [1.54, 1.807) is 0 Å². The van der Waals surface area contributed by atoms with Crippen LogP contribution in [0.1, 0.15) is 23.2 Å². The maximum absolute atomic E-state index is 14.4. The van der Waals surface area contributed by atoms with Gasteiger partial charge in [0.05, 0.1) is 22.8 Å². The number of amides is 2. The Bertz CT molecular complexity index is 866. The number of rotatable bonds is 4. The highest BCUT2D eigenvalue weighted by atomic mass is 35.5. The molecule has 3 rings (SSSR count). The van der Waals surface area contributed by atoms with E-state index < -0.39 is 11.7 Å². The molecular formula is C18H15Cl2FN2O3. The number of carbonyl (C=O) groups is 2. The van der Waals surface area contributed by atoms with E-state index in [9.17, 15) is 14.0 Å². The van der Waals surface area contributed by atoms with Gasteiger partial charge < -0.3 is 15.0 Å². The molecule has 0 bridgehead atoms. The van der Waals surface area contributed by atoms with Gasteiger partial charge in [0, 0.05) is 24.2 Å². The molecule has 5 nitrogen and oxygen atoms in total. The topological polar surface area (TPSA) is 58.6 Å². The first-order valence-corrected chi connectivity index (χ1v) is 8.60. The van der Waals surface area contributed by atoms with Crippen LogP contribution in [0.2, 0.25) is 10.0 Å². The first kappa shape index (κ1) is 18.5. The van der Waals surface area contributed by atoms with Gasteiger partial charge in [0.1, 0.15) is 5.82 Å². The van der Waals surface area contributed by atoms with E-state index in [4.69, 9.17) is 27.9 Å². The SMILES string of the molecule is COc1c(Cl)cc(C(=O)Nc2ccc(N3CCCC3=O)c(F)c2)cc1Cl. The van der Waals surface area contributed by atoms with Crippen LogP contribution in [-0.4, -0.2) is 25.5 Å². The van der Waals surface area contributed by atoms with Gasteiger partial charge in [-0.25, -0.2) is 4.39 Å². The van der Waals surface area contributed by atoms with Crippen molar-refractivity contribution in [3.05, 3.63) is 51.8 Å². The molecule has 0 spiro atoms. The number of hydrogen-bond donors (Lipinski definition) is 1. The van der Waals surface area contributed by atoms with Gasteiger partial charge in [-0.2, -0.15) is 0 Å². The second-order valence-electron chi connectivity index (χ2n) is 5.74. The Hall–Kier alpha value is -2.31. The van der Waals surface area contributed by atoms with E-state index in [0.717, 1.165) is 0 Å². The molecule has 2 aromatic carbocycles. The van der Waals surface area contributed by atoms with E-state index in [2.05, 4.69) is 5.32 Å². The van der Waals surface area contributed by atoms with Crippen LogP contribution in [0.15, 0.2) is 30.3 Å². The highest BCUT2D eigenvalue weighted by molar-refractivity contribution is 6.37. The molecular weight excluding hydrogens is 382 g/mol. The third-order valence-electron chi connectivity index (χ3n) is 4.03. The van der Waals surface area contributed by atoms with Crippen LogP contribution in [0, 0.1) is 5.82 Å². The minimum atomic E-state index is -0.580. The summed E-state index contributed by atoms with van der Waals surface area (Å²) in [6, 6.07) is 7.01. The van der Waals surface area contributed by atoms with Crippen LogP contribution in [0.4, 0.5) is 15.8 Å². The summed E-state index contributed by atoms with van der Waals surface area (Å²) < 4.78 is 19.4. The van der Waals surface area contributed by atoms with Crippen molar-refractivity contribution in [1.29, 1.82) is 0 Å². The zero-order valence-corrected chi connectivity index (χ0v) is 15.3. The normalized spacial score (nSPS) is 13.8. The maximum atomic E-state index is 14.4. The zero-order chi connectivity index (χ0) is 18.8. The molecule has 0 saturated carbocycles. The largest absolute Gasteiger partial charge is 0.494 e. The third kappa shape index (κ3) is 3.61. The fourth-order valence-corrected chi connectivity index (χ4v) is 3.44. The van der Waals surface area contributed by atoms with Crippen molar-refractivity contribution in [2.45, 2.75) is 12.8 Å². The van der Waals surface area contributed by atoms with Gasteiger partial charge in [-0.05, 0) is 36.8 Å². The average Bonchev–Trinajstić information content (AvgIpc) is 3.00. The standard InChI is InChI=1S/C18H15Cl2FN2O3/c1-26-17-12(19)7-10(8-13(17)20)18(25)22-11-4-5-15(14(21)9-11)23-6-2-3-16(23)24/h4-5,7-9H,2-3,6H2,1H3,(H,22,25). The van der Waals surface area contributed by atoms with Crippen LogP contribution in [0.5, 0.6) is 5.75 Å². The molecule has 1 heterocycles. The number of nitrogens with one attached hydrogen (secondary N) is 1. The van der Waals surface area contributed by atoms with Gasteiger partial charge in [0.2, 0.25) is 5.91 Å². The Kier molecular flexibility index (Phi) is 5.34. The van der Waals surface area contributed by atoms with Crippen molar-refractivity contribution >= 4 is 46.4 Å². The third-order valence-corrected chi connectivity index (χ3v) is 4.60. The number of methoxy groups -OCH3 is 1. The molecule has 0 unspecified atom stereocenters. The summed E-state index contributed by atoms with van der Waals surface area (Å²) in [5.74, 6) is -0.913. The number of halogens is 3. The first-order valence-electron chi connectivity index (χ1n) is 7.85. The van der Waals surface area contributed by atoms with Gasteiger partial charge in [0.15, 0.2) is 5.75 Å². The molecule has 1 fully saturated rings. The fraction of sp³-hybridized carbons (Fsp3) is 0.222. The van der Waals surface area contributed by atoms with Gasteiger partial charge in [0.25, 0.3) is 5.91 Å². The Morgan fingerprint density at radius 1 is 1.23 bits per heavy atom. The van der Waals surface area contributed by atoms with Crippen molar-refractivity contribution in [3.63, 3.8) is 0 Å². The van der Waals surface area contributed by atoms with E-state index in [0.29, 0.717) is 19.4 Å². The van der Waals surface area contributed by atoms with E-state index in [-0.39, 0.29) is 38.6 Å². The Morgan fingerprint density at radius 3 is 2.46 bits per heavy atom. The van der Waals surface area contributed by atoms with Crippen LogP contribution in [0.25, 0.3) is 0 Å². The number of carbonyl (C=O) groups excluding carboxylic acids is 2. The van der Waals surface area contributed by atoms with E-state index in [1.807, 2.05) is 0 Å². The van der Waals surface area contributed by atoms with Crippen LogP contribution < -0.4 is 15.0 Å². The average molecular weight is 397 g/mol. The molecule has 0 atom stereocenters. The molecule has 8 heteroatoms. The highest BCUT2D eigenvalue weighted by Crippen LogP contribution is 2.34. The monoisotopic (exact) mass is 396 g/mol. The predicted molar refractivity (Wildman–Crippen MR) is 99.0 cm³/mol. The molecule has 26 heavy (non-hydrogen) atoms. The highest BCUT2D eigenvalue weighted by Gasteiger charge is 2.24. The van der Waals surface area contributed by atoms with Crippen molar-refractivity contribution in [2.75, 3.05) is 23.9 Å². The van der Waals surface area contributed by atoms with E-state index >= 15 is 0 Å². The predicted octanol–water partition coefficient (Wildman–Crippen LogP) is 4.52. The molecule has 136 valence electrons. The lowest BCUT2D eigenvalue weighted by Gasteiger charge is -2.17. The van der Waals surface area contributed by atoms with Crippen molar-refractivity contribution in [3.8, 4) is 5.75 Å². The fourth-order valence-electron chi connectivity index (χ4n) is 2.80. The van der Waals surface area contributed by atoms with Crippen LogP contribution >= 0.6 is 23.2 Å². The number of hydrogen-bond acceptors (Lipinski definition) is 3. The van der Waals surface area contributed by atoms with Crippen molar-refractivity contribution in [1.82, 2.24) is 0 Å². The zero-order valence-electron chi connectivity index (χ0n) is 13.8. The molecule has 0 aromatic heterocycles. The molecule has 1 aliphatic rings. The number of benzene rings is 2. The van der Waals surface area contributed by atoms with Gasteiger partial charge in [-0.1, -0.05) is 23.2 Å². The van der Waals surface area contributed by atoms with Gasteiger partial charge >= 0.3 is 0 Å². The lowest BCUT2D eigenvalue weighted by molar-refractivity contribution is -0.117. The van der Waals surface area contributed by atoms with Crippen molar-refractivity contribution < 1.29 is 18.7 Å². The smallest absolute Gasteiger partial charge is 0.255 e. The maximum Gasteiger partial charge on any atom is 0.255 e. The quantitative estimate of drug-likeness (QED) is 0.826. The molecule has 1 N–H and O–H groups in total. The first-order chi connectivity index (χ1) is 12.4. The summed E-state index contributed by atoms with van der Waals surface area (Å²) in [6.45, 7) is 0.490. The number of anilines is 2. The summed E-state index contributed by atoms with van der Waals surface area (Å²) in [7, 11) is 1.42. The molecule has 1 aliphatic heterocycles. The van der Waals surface area contributed by atoms with Crippen LogP contribution in [-0.2, 0) is 4.79 Å². The summed E-state index contributed by atoms with van der Waals surface area (Å²) >= 11 is 12.1. The van der Waals surface area contributed by atoms with Gasteiger partial charge in [-0.15, -0.1) is 0 Å². The Morgan fingerprint density at radius 2 is 1.92 bits per heavy atom. The van der Waals surface area contributed by atoms with E-state index in [1.165, 1.54) is 42.3 Å². The second-order valence-corrected chi connectivity index (χ2v) is 6.56. The summed E-state index contributed by atoms with van der Waals surface area (Å²) in [5.41, 5.74) is 0.673. The minimum absolute atomic E-state index is 0.108. The number of ether oxygens (including phenoxy) is 1. The molecule has 0 radical (unpaired) electrons. The summed E-state index contributed by atoms with van der Waals surface area (Å²) in [6.07, 6.45) is 1.12. The lowest BCUT2D eigenvalue weighted by atomic mass is 10.2. The molecule has 2 amide bonds. The molecule has 0 aliphatic carbocycles. The lowest BCUT2D eigenvalue weighted by Crippen LogP contribution is -2.24. The number of nitrogens with zero attached hydrogens (tertiary/aromatic N) is 1. The Balaban J connectivity index is 1.80. The van der Waals surface area contributed by atoms with Crippen LogP contribution in [0.3, 0.4) is 0 Å². The minimum Gasteiger partial charge on any atom is -0.494 e. The Labute approximate surface area is 159 Å². The second kappa shape index (κ2) is 7.51. The molecule has 2 aromatic rings. The summed E-state index contributed by atoms with van der Waals surface area (Å²) in [5, 5.41) is 2.97. The van der Waals surface area contributed by atoms with Gasteiger partial charge in [-0.3, -0.25) is 9.59 Å². The summed E-state index contributed by atoms with van der Waals surface area (Å²) in [4.78, 5) is 25.5. The molecule has 1 saturated heterocycles.